The number of nitrogens with zero attached hydrogens (tertiary/aromatic N) is 4. The molecule has 23 heavy (non-hydrogen) atoms. The number of carbonyl (C=O) groups is 1. The second-order valence-electron chi connectivity index (χ2n) is 7.33. The monoisotopic (exact) mass is 316 g/mol. The van der Waals surface area contributed by atoms with E-state index in [4.69, 9.17) is 0 Å². The highest BCUT2D eigenvalue weighted by molar-refractivity contribution is 5.73. The van der Waals surface area contributed by atoms with Gasteiger partial charge in [-0.2, -0.15) is 0 Å². The lowest BCUT2D eigenvalue weighted by Gasteiger charge is -2.61. The van der Waals surface area contributed by atoms with Crippen LogP contribution in [-0.2, 0) is 11.3 Å². The molecule has 0 aromatic carbocycles. The molecule has 124 valence electrons. The van der Waals surface area contributed by atoms with Gasteiger partial charge in [-0.15, -0.1) is 0 Å². The predicted octanol–water partition coefficient (Wildman–Crippen LogP) is -0.0667. The van der Waals surface area contributed by atoms with E-state index in [1.54, 1.807) is 13.1 Å². The summed E-state index contributed by atoms with van der Waals surface area (Å²) >= 11 is 0. The Balaban J connectivity index is 1.47. The van der Waals surface area contributed by atoms with E-state index in [9.17, 15) is 9.90 Å². The molecule has 2 atom stereocenters. The fraction of sp³-hybridized carbons (Fsp3) is 0.647. The number of pyridine rings is 1. The van der Waals surface area contributed by atoms with Crippen LogP contribution in [0.3, 0.4) is 0 Å². The Morgan fingerprint density at radius 3 is 2.91 bits per heavy atom. The van der Waals surface area contributed by atoms with Crippen molar-refractivity contribution in [2.24, 2.45) is 0 Å². The van der Waals surface area contributed by atoms with Crippen LogP contribution in [-0.4, -0.2) is 81.1 Å². The van der Waals surface area contributed by atoms with Gasteiger partial charge in [-0.3, -0.25) is 19.6 Å². The first kappa shape index (κ1) is 15.1. The summed E-state index contributed by atoms with van der Waals surface area (Å²) in [6.45, 7) is 6.75. The van der Waals surface area contributed by atoms with E-state index in [1.165, 1.54) is 5.56 Å². The van der Waals surface area contributed by atoms with Crippen molar-refractivity contribution in [2.75, 3.05) is 32.7 Å². The van der Waals surface area contributed by atoms with E-state index in [2.05, 4.69) is 20.9 Å². The number of aromatic nitrogens is 1. The van der Waals surface area contributed by atoms with Gasteiger partial charge in [0.05, 0.1) is 11.6 Å². The van der Waals surface area contributed by atoms with Crippen molar-refractivity contribution >= 4 is 5.91 Å². The number of hydrogen-bond acceptors (Lipinski definition) is 5. The lowest BCUT2D eigenvalue weighted by molar-refractivity contribution is -0.149. The maximum absolute atomic E-state index is 11.9. The van der Waals surface area contributed by atoms with Crippen molar-refractivity contribution in [3.8, 4) is 0 Å². The molecule has 0 unspecified atom stereocenters. The van der Waals surface area contributed by atoms with Crippen LogP contribution in [0.25, 0.3) is 0 Å². The molecular formula is C17H24N4O2. The summed E-state index contributed by atoms with van der Waals surface area (Å²) in [6.07, 6.45) is 4.24. The molecule has 3 aliphatic heterocycles. The quantitative estimate of drug-likeness (QED) is 0.828. The van der Waals surface area contributed by atoms with Crippen LogP contribution in [0.1, 0.15) is 18.9 Å². The van der Waals surface area contributed by atoms with Gasteiger partial charge in [-0.25, -0.2) is 0 Å². The van der Waals surface area contributed by atoms with Crippen LogP contribution < -0.4 is 0 Å². The number of hydrogen-bond donors (Lipinski definition) is 1. The Morgan fingerprint density at radius 1 is 1.39 bits per heavy atom. The van der Waals surface area contributed by atoms with Crippen molar-refractivity contribution in [1.82, 2.24) is 19.7 Å². The standard InChI is InChI=1S/C17H24N4O2/c1-13(22)20-8-15-5-16(23)9-21(15)17(12-20)10-19(11-17)7-14-3-2-4-18-6-14/h2-4,6,15-16,23H,5,7-12H2,1H3/t15-,16+/m0/s1. The van der Waals surface area contributed by atoms with Crippen molar-refractivity contribution in [1.29, 1.82) is 0 Å². The third-order valence-electron chi connectivity index (χ3n) is 5.53. The molecule has 1 spiro atoms. The van der Waals surface area contributed by atoms with Gasteiger partial charge in [0.25, 0.3) is 0 Å². The van der Waals surface area contributed by atoms with Crippen LogP contribution >= 0.6 is 0 Å². The largest absolute Gasteiger partial charge is 0.392 e. The number of β-amino-alcohol motifs (C(OH)–C–C–N with tert-alkyl or cyclic N) is 1. The Hall–Kier alpha value is -1.50. The predicted molar refractivity (Wildman–Crippen MR) is 85.6 cm³/mol. The van der Waals surface area contributed by atoms with Gasteiger partial charge >= 0.3 is 0 Å². The minimum absolute atomic E-state index is 0.0221. The van der Waals surface area contributed by atoms with E-state index < -0.39 is 0 Å². The molecule has 4 heterocycles. The first-order valence-corrected chi connectivity index (χ1v) is 8.37. The normalized spacial score (nSPS) is 30.3. The molecule has 6 nitrogen and oxygen atoms in total. The fourth-order valence-electron chi connectivity index (χ4n) is 4.58. The first-order valence-electron chi connectivity index (χ1n) is 8.37. The highest BCUT2D eigenvalue weighted by Crippen LogP contribution is 2.39. The highest BCUT2D eigenvalue weighted by atomic mass is 16.3. The Kier molecular flexibility index (Phi) is 3.63. The van der Waals surface area contributed by atoms with Crippen molar-refractivity contribution in [2.45, 2.75) is 37.6 Å². The number of piperazine rings is 1. The zero-order valence-electron chi connectivity index (χ0n) is 13.6. The number of rotatable bonds is 2. The summed E-state index contributed by atoms with van der Waals surface area (Å²) in [4.78, 5) is 22.9. The maximum Gasteiger partial charge on any atom is 0.219 e. The summed E-state index contributed by atoms with van der Waals surface area (Å²) in [5.41, 5.74) is 1.24. The third-order valence-corrected chi connectivity index (χ3v) is 5.53. The third kappa shape index (κ3) is 2.65. The SMILES string of the molecule is CC(=O)N1C[C@@H]2C[C@@H](O)CN2C2(CN(Cc3cccnc3)C2)C1. The van der Waals surface area contributed by atoms with Crippen LogP contribution in [0.15, 0.2) is 24.5 Å². The molecular weight excluding hydrogens is 292 g/mol. The number of carbonyl (C=O) groups excluding carboxylic acids is 1. The van der Waals surface area contributed by atoms with Crippen LogP contribution in [0, 0.1) is 0 Å². The Labute approximate surface area is 136 Å². The van der Waals surface area contributed by atoms with E-state index in [1.807, 2.05) is 17.2 Å². The van der Waals surface area contributed by atoms with Gasteiger partial charge in [0.1, 0.15) is 0 Å². The minimum Gasteiger partial charge on any atom is -0.392 e. The van der Waals surface area contributed by atoms with E-state index in [0.29, 0.717) is 6.04 Å². The molecule has 1 aromatic rings. The molecule has 0 aliphatic carbocycles. The van der Waals surface area contributed by atoms with Gasteiger partial charge < -0.3 is 10.0 Å². The average Bonchev–Trinajstić information content (AvgIpc) is 2.87. The smallest absolute Gasteiger partial charge is 0.219 e. The molecule has 0 bridgehead atoms. The topological polar surface area (TPSA) is 59.9 Å². The summed E-state index contributed by atoms with van der Waals surface area (Å²) in [5, 5.41) is 10.1. The zero-order valence-corrected chi connectivity index (χ0v) is 13.6. The van der Waals surface area contributed by atoms with E-state index >= 15 is 0 Å². The number of likely N-dealkylation sites (tertiary alicyclic amines) is 1. The molecule has 6 heteroatoms. The number of aliphatic hydroxyl groups excluding tert-OH is 1. The second kappa shape index (κ2) is 5.54. The van der Waals surface area contributed by atoms with E-state index in [-0.39, 0.29) is 17.6 Å². The van der Waals surface area contributed by atoms with E-state index in [0.717, 1.165) is 45.7 Å². The molecule has 1 N–H and O–H groups in total. The molecule has 3 aliphatic rings. The van der Waals surface area contributed by atoms with Gasteiger partial charge in [0.2, 0.25) is 5.91 Å². The maximum atomic E-state index is 11.9. The first-order chi connectivity index (χ1) is 11.1. The average molecular weight is 316 g/mol. The van der Waals surface area contributed by atoms with Crippen molar-refractivity contribution < 1.29 is 9.90 Å². The molecule has 0 saturated carbocycles. The van der Waals surface area contributed by atoms with Gasteiger partial charge in [0.15, 0.2) is 0 Å². The van der Waals surface area contributed by atoms with Gasteiger partial charge in [-0.1, -0.05) is 6.07 Å². The van der Waals surface area contributed by atoms with Gasteiger partial charge in [-0.05, 0) is 18.1 Å². The molecule has 0 radical (unpaired) electrons. The Bertz CT molecular complexity index is 588. The molecule has 1 aromatic heterocycles. The summed E-state index contributed by atoms with van der Waals surface area (Å²) in [7, 11) is 0. The second-order valence-corrected chi connectivity index (χ2v) is 7.33. The molecule has 3 fully saturated rings. The molecule has 1 amide bonds. The van der Waals surface area contributed by atoms with Crippen LogP contribution in [0.5, 0.6) is 0 Å². The lowest BCUT2D eigenvalue weighted by atomic mass is 9.83. The fourth-order valence-corrected chi connectivity index (χ4v) is 4.58. The lowest BCUT2D eigenvalue weighted by Crippen LogP contribution is -2.78. The Morgan fingerprint density at radius 2 is 2.22 bits per heavy atom. The highest BCUT2D eigenvalue weighted by Gasteiger charge is 2.56. The molecule has 4 rings (SSSR count). The van der Waals surface area contributed by atoms with Crippen molar-refractivity contribution in [3.63, 3.8) is 0 Å². The van der Waals surface area contributed by atoms with Crippen LogP contribution in [0.4, 0.5) is 0 Å². The summed E-state index contributed by atoms with van der Waals surface area (Å²) in [6, 6.07) is 4.38. The summed E-state index contributed by atoms with van der Waals surface area (Å²) < 4.78 is 0. The van der Waals surface area contributed by atoms with Crippen molar-refractivity contribution in [3.05, 3.63) is 30.1 Å². The minimum atomic E-state index is -0.254. The van der Waals surface area contributed by atoms with Gasteiger partial charge in [0, 0.05) is 64.6 Å². The number of amides is 1. The van der Waals surface area contributed by atoms with Crippen LogP contribution in [0.2, 0.25) is 0 Å². The summed E-state index contributed by atoms with van der Waals surface area (Å²) in [5.74, 6) is 0.149. The molecule has 3 saturated heterocycles. The zero-order chi connectivity index (χ0) is 16.0. The number of aliphatic hydroxyl groups is 1. The number of fused-ring (bicyclic) bond motifs is 2.